The standard InChI is InChI=1S/C26H33N5O3/c1-3-17(2)28-25(32)23-15-24(30-26(29-23)34-16-19-10-14-33-19)31-12-8-18(9-13-31)20-6-7-22-21(20)5-4-11-27-22/h4-6,11,15,17-19H,3,7-10,12-14,16H2,1-2H3,(H,28,32)/t17-,19-/m1/s1. The predicted octanol–water partition coefficient (Wildman–Crippen LogP) is 3.42. The Labute approximate surface area is 200 Å². The third kappa shape index (κ3) is 4.92. The van der Waals surface area contributed by atoms with E-state index in [1.54, 1.807) is 6.07 Å². The average molecular weight is 464 g/mol. The topological polar surface area (TPSA) is 89.5 Å². The molecular formula is C26H33N5O3. The highest BCUT2D eigenvalue weighted by molar-refractivity contribution is 5.93. The van der Waals surface area contributed by atoms with Gasteiger partial charge < -0.3 is 19.7 Å². The Morgan fingerprint density at radius 3 is 2.85 bits per heavy atom. The zero-order chi connectivity index (χ0) is 23.5. The summed E-state index contributed by atoms with van der Waals surface area (Å²) in [5.41, 5.74) is 4.27. The summed E-state index contributed by atoms with van der Waals surface area (Å²) in [5, 5.41) is 3.00. The fraction of sp³-hybridized carbons (Fsp3) is 0.538. The number of nitrogens with one attached hydrogen (secondary N) is 1. The smallest absolute Gasteiger partial charge is 0.319 e. The first-order valence-corrected chi connectivity index (χ1v) is 12.4. The number of ether oxygens (including phenoxy) is 2. The van der Waals surface area contributed by atoms with Crippen LogP contribution in [-0.4, -0.2) is 59.3 Å². The number of carbonyl (C=O) groups excluding carboxylic acids is 1. The normalized spacial score (nSPS) is 20.8. The molecule has 0 radical (unpaired) electrons. The highest BCUT2D eigenvalue weighted by Crippen LogP contribution is 2.37. The van der Waals surface area contributed by atoms with E-state index in [-0.39, 0.29) is 24.1 Å². The van der Waals surface area contributed by atoms with Crippen molar-refractivity contribution in [2.45, 2.75) is 58.1 Å². The number of nitrogens with zero attached hydrogens (tertiary/aromatic N) is 4. The quantitative estimate of drug-likeness (QED) is 0.642. The van der Waals surface area contributed by atoms with Crippen LogP contribution in [0, 0.1) is 5.92 Å². The molecule has 1 amide bonds. The van der Waals surface area contributed by atoms with Crippen molar-refractivity contribution >= 4 is 17.3 Å². The monoisotopic (exact) mass is 463 g/mol. The Morgan fingerprint density at radius 1 is 1.29 bits per heavy atom. The fourth-order valence-corrected chi connectivity index (χ4v) is 4.73. The van der Waals surface area contributed by atoms with Gasteiger partial charge in [-0.3, -0.25) is 9.78 Å². The Bertz CT molecular complexity index is 1060. The molecule has 2 fully saturated rings. The molecule has 5 rings (SSSR count). The van der Waals surface area contributed by atoms with Crippen LogP contribution in [0.25, 0.3) is 5.57 Å². The lowest BCUT2D eigenvalue weighted by atomic mass is 9.86. The molecule has 8 nitrogen and oxygen atoms in total. The molecule has 1 N–H and O–H groups in total. The molecule has 0 bridgehead atoms. The van der Waals surface area contributed by atoms with E-state index in [1.807, 2.05) is 26.1 Å². The van der Waals surface area contributed by atoms with Gasteiger partial charge in [0.25, 0.3) is 5.91 Å². The number of carbonyl (C=O) groups is 1. The summed E-state index contributed by atoms with van der Waals surface area (Å²) in [6.07, 6.45) is 9.12. The van der Waals surface area contributed by atoms with Gasteiger partial charge in [0, 0.05) is 50.8 Å². The van der Waals surface area contributed by atoms with Crippen molar-refractivity contribution in [1.82, 2.24) is 20.3 Å². The van der Waals surface area contributed by atoms with Crippen LogP contribution < -0.4 is 15.0 Å². The molecule has 2 aromatic heterocycles. The van der Waals surface area contributed by atoms with E-state index in [0.29, 0.717) is 18.2 Å². The number of rotatable bonds is 8. The van der Waals surface area contributed by atoms with Crippen molar-refractivity contribution in [3.8, 4) is 6.01 Å². The number of aromatic nitrogens is 3. The highest BCUT2D eigenvalue weighted by Gasteiger charge is 2.28. The molecule has 0 spiro atoms. The van der Waals surface area contributed by atoms with E-state index in [0.717, 1.165) is 57.6 Å². The van der Waals surface area contributed by atoms with Gasteiger partial charge in [-0.2, -0.15) is 9.97 Å². The van der Waals surface area contributed by atoms with Gasteiger partial charge in [0.1, 0.15) is 18.1 Å². The van der Waals surface area contributed by atoms with Crippen LogP contribution >= 0.6 is 0 Å². The molecule has 34 heavy (non-hydrogen) atoms. The van der Waals surface area contributed by atoms with Gasteiger partial charge in [0.15, 0.2) is 0 Å². The molecule has 4 heterocycles. The minimum absolute atomic E-state index is 0.0754. The molecule has 1 aliphatic carbocycles. The summed E-state index contributed by atoms with van der Waals surface area (Å²) in [4.78, 5) is 28.7. The second-order valence-corrected chi connectivity index (χ2v) is 9.39. The zero-order valence-electron chi connectivity index (χ0n) is 20.0. The Hall–Kier alpha value is -3.00. The van der Waals surface area contributed by atoms with Crippen molar-refractivity contribution in [3.05, 3.63) is 47.4 Å². The van der Waals surface area contributed by atoms with Gasteiger partial charge in [-0.15, -0.1) is 0 Å². The maximum atomic E-state index is 12.8. The summed E-state index contributed by atoms with van der Waals surface area (Å²) >= 11 is 0. The van der Waals surface area contributed by atoms with E-state index in [2.05, 4.69) is 37.3 Å². The van der Waals surface area contributed by atoms with Crippen LogP contribution in [0.15, 0.2) is 30.5 Å². The van der Waals surface area contributed by atoms with E-state index in [9.17, 15) is 4.79 Å². The number of hydrogen-bond acceptors (Lipinski definition) is 7. The molecule has 2 aliphatic heterocycles. The van der Waals surface area contributed by atoms with E-state index in [4.69, 9.17) is 9.47 Å². The summed E-state index contributed by atoms with van der Waals surface area (Å²) < 4.78 is 11.3. The Kier molecular flexibility index (Phi) is 6.76. The lowest BCUT2D eigenvalue weighted by Crippen LogP contribution is -2.36. The third-order valence-electron chi connectivity index (χ3n) is 7.08. The number of anilines is 1. The average Bonchev–Trinajstić information content (AvgIpc) is 3.27. The number of fused-ring (bicyclic) bond motifs is 1. The maximum Gasteiger partial charge on any atom is 0.319 e. The number of piperidine rings is 1. The molecule has 2 saturated heterocycles. The van der Waals surface area contributed by atoms with E-state index < -0.39 is 0 Å². The fourth-order valence-electron chi connectivity index (χ4n) is 4.73. The van der Waals surface area contributed by atoms with Gasteiger partial charge in [0.2, 0.25) is 0 Å². The SMILES string of the molecule is CC[C@@H](C)NC(=O)c1cc(N2CCC(C3=CCc4ncccc43)CC2)nc(OC[C@H]2CCO2)n1. The van der Waals surface area contributed by atoms with Gasteiger partial charge in [-0.25, -0.2) is 0 Å². The minimum atomic E-state index is -0.196. The first-order chi connectivity index (χ1) is 16.6. The van der Waals surface area contributed by atoms with Gasteiger partial charge in [-0.1, -0.05) is 19.1 Å². The minimum Gasteiger partial charge on any atom is -0.461 e. The Balaban J connectivity index is 1.30. The summed E-state index contributed by atoms with van der Waals surface area (Å²) in [6.45, 7) is 6.94. The summed E-state index contributed by atoms with van der Waals surface area (Å²) in [7, 11) is 0. The van der Waals surface area contributed by atoms with Gasteiger partial charge >= 0.3 is 6.01 Å². The first kappa shape index (κ1) is 22.8. The van der Waals surface area contributed by atoms with Gasteiger partial charge in [0.05, 0.1) is 11.8 Å². The second-order valence-electron chi connectivity index (χ2n) is 9.39. The van der Waals surface area contributed by atoms with Crippen LogP contribution in [-0.2, 0) is 11.2 Å². The highest BCUT2D eigenvalue weighted by atomic mass is 16.6. The summed E-state index contributed by atoms with van der Waals surface area (Å²) in [6, 6.07) is 6.32. The molecule has 2 atom stereocenters. The largest absolute Gasteiger partial charge is 0.461 e. The summed E-state index contributed by atoms with van der Waals surface area (Å²) in [5.74, 6) is 1.07. The van der Waals surface area contributed by atoms with Crippen molar-refractivity contribution in [3.63, 3.8) is 0 Å². The van der Waals surface area contributed by atoms with E-state index >= 15 is 0 Å². The van der Waals surface area contributed by atoms with Crippen molar-refractivity contribution in [2.75, 3.05) is 31.2 Å². The van der Waals surface area contributed by atoms with Crippen LogP contribution in [0.1, 0.15) is 61.3 Å². The van der Waals surface area contributed by atoms with Crippen LogP contribution in [0.4, 0.5) is 5.82 Å². The molecule has 8 heteroatoms. The number of allylic oxidation sites excluding steroid dienone is 2. The molecule has 0 saturated carbocycles. The first-order valence-electron chi connectivity index (χ1n) is 12.4. The molecular weight excluding hydrogens is 430 g/mol. The number of pyridine rings is 1. The zero-order valence-corrected chi connectivity index (χ0v) is 20.0. The van der Waals surface area contributed by atoms with Crippen LogP contribution in [0.3, 0.4) is 0 Å². The maximum absolute atomic E-state index is 12.8. The Morgan fingerprint density at radius 2 is 2.12 bits per heavy atom. The van der Waals surface area contributed by atoms with Gasteiger partial charge in [-0.05, 0) is 49.3 Å². The van der Waals surface area contributed by atoms with E-state index in [1.165, 1.54) is 16.8 Å². The lowest BCUT2D eigenvalue weighted by molar-refractivity contribution is -0.0734. The molecule has 2 aromatic rings. The van der Waals surface area contributed by atoms with Crippen molar-refractivity contribution in [2.24, 2.45) is 5.92 Å². The molecule has 3 aliphatic rings. The van der Waals surface area contributed by atoms with Crippen LogP contribution in [0.5, 0.6) is 6.01 Å². The molecule has 180 valence electrons. The lowest BCUT2D eigenvalue weighted by Gasteiger charge is -2.34. The number of hydrogen-bond donors (Lipinski definition) is 1. The predicted molar refractivity (Wildman–Crippen MR) is 130 cm³/mol. The van der Waals surface area contributed by atoms with Crippen molar-refractivity contribution in [1.29, 1.82) is 0 Å². The number of amides is 1. The van der Waals surface area contributed by atoms with Crippen LogP contribution in [0.2, 0.25) is 0 Å². The third-order valence-corrected chi connectivity index (χ3v) is 7.08. The molecule has 0 aromatic carbocycles. The van der Waals surface area contributed by atoms with Crippen molar-refractivity contribution < 1.29 is 14.3 Å². The second kappa shape index (κ2) is 10.1. The molecule has 0 unspecified atom stereocenters.